The summed E-state index contributed by atoms with van der Waals surface area (Å²) in [6.07, 6.45) is 1.53. The Morgan fingerprint density at radius 3 is 2.10 bits per heavy atom. The summed E-state index contributed by atoms with van der Waals surface area (Å²) in [5, 5.41) is 9.15. The molecule has 2 rings (SSSR count). The van der Waals surface area contributed by atoms with Gasteiger partial charge in [0.2, 0.25) is 0 Å². The maximum atomic E-state index is 13.8. The van der Waals surface area contributed by atoms with Crippen molar-refractivity contribution >= 4 is 23.6 Å². The number of aromatic hydroxyl groups is 1. The molecule has 0 aromatic carbocycles. The normalized spacial score (nSPS) is 13.6. The van der Waals surface area contributed by atoms with Crippen LogP contribution in [0.3, 0.4) is 0 Å². The lowest BCUT2D eigenvalue weighted by molar-refractivity contribution is 0.480. The van der Waals surface area contributed by atoms with Crippen molar-refractivity contribution in [2.45, 2.75) is 51.9 Å². The molecule has 0 aliphatic carbocycles. The molecule has 0 aliphatic heterocycles. The minimum absolute atomic E-state index is 0.0659. The molecule has 0 unspecified atom stereocenters. The van der Waals surface area contributed by atoms with Crippen LogP contribution in [0.5, 0.6) is 5.75 Å². The van der Waals surface area contributed by atoms with Crippen LogP contribution >= 0.6 is 7.14 Å². The van der Waals surface area contributed by atoms with Crippen molar-refractivity contribution < 1.29 is 9.67 Å². The fraction of sp³-hybridized carbons (Fsp3) is 0.500. The lowest BCUT2D eigenvalue weighted by Gasteiger charge is -2.40. The van der Waals surface area contributed by atoms with Crippen LogP contribution in [-0.4, -0.2) is 25.4 Å². The zero-order valence-corrected chi connectivity index (χ0v) is 14.4. The summed E-state index contributed by atoms with van der Waals surface area (Å²) >= 11 is 0. The molecule has 0 atom stereocenters. The second-order valence-corrected chi connectivity index (χ2v) is 11.7. The van der Waals surface area contributed by atoms with E-state index in [1.54, 1.807) is 12.1 Å². The number of rotatable bonds is 1. The monoisotopic (exact) mass is 306 g/mol. The van der Waals surface area contributed by atoms with Gasteiger partial charge in [0.1, 0.15) is 23.8 Å². The van der Waals surface area contributed by atoms with Crippen molar-refractivity contribution in [2.75, 3.05) is 0 Å². The highest BCUT2D eigenvalue weighted by Gasteiger charge is 2.48. The average Bonchev–Trinajstić information content (AvgIpc) is 2.35. The summed E-state index contributed by atoms with van der Waals surface area (Å²) in [5.41, 5.74) is 1.56. The summed E-state index contributed by atoms with van der Waals surface area (Å²) in [7, 11) is -2.81. The second kappa shape index (κ2) is 4.81. The van der Waals surface area contributed by atoms with E-state index in [-0.39, 0.29) is 5.75 Å². The van der Waals surface area contributed by atoms with Crippen molar-refractivity contribution in [1.82, 2.24) is 9.97 Å². The van der Waals surface area contributed by atoms with Gasteiger partial charge >= 0.3 is 0 Å². The third-order valence-corrected chi connectivity index (χ3v) is 8.43. The number of nitrogens with zero attached hydrogens (tertiary/aromatic N) is 2. The van der Waals surface area contributed by atoms with Crippen LogP contribution in [0.1, 0.15) is 41.5 Å². The molecule has 21 heavy (non-hydrogen) atoms. The Kier molecular flexibility index (Phi) is 3.66. The van der Waals surface area contributed by atoms with Gasteiger partial charge in [0.05, 0.1) is 5.52 Å². The molecule has 1 N–H and O–H groups in total. The molecule has 2 heterocycles. The van der Waals surface area contributed by atoms with Crippen LogP contribution in [0.2, 0.25) is 0 Å². The van der Waals surface area contributed by atoms with Crippen LogP contribution in [0, 0.1) is 0 Å². The predicted molar refractivity (Wildman–Crippen MR) is 87.9 cm³/mol. The van der Waals surface area contributed by atoms with Gasteiger partial charge in [-0.15, -0.1) is 0 Å². The van der Waals surface area contributed by atoms with Gasteiger partial charge in [-0.2, -0.15) is 0 Å². The molecule has 0 saturated heterocycles. The van der Waals surface area contributed by atoms with Gasteiger partial charge in [-0.1, -0.05) is 41.5 Å². The average molecular weight is 306 g/mol. The van der Waals surface area contributed by atoms with Crippen molar-refractivity contribution in [3.05, 3.63) is 24.4 Å². The first kappa shape index (κ1) is 16.0. The molecule has 0 saturated carbocycles. The summed E-state index contributed by atoms with van der Waals surface area (Å²) < 4.78 is 13.8. The number of pyridine rings is 2. The van der Waals surface area contributed by atoms with Gasteiger partial charge in [-0.05, 0) is 12.1 Å². The molecule has 2 aromatic heterocycles. The summed E-state index contributed by atoms with van der Waals surface area (Å²) in [6.45, 7) is 11.9. The molecule has 0 radical (unpaired) electrons. The number of aromatic nitrogens is 2. The zero-order chi connectivity index (χ0) is 16.1. The first-order valence-corrected chi connectivity index (χ1v) is 8.75. The van der Waals surface area contributed by atoms with Gasteiger partial charge in [0, 0.05) is 22.6 Å². The van der Waals surface area contributed by atoms with Gasteiger partial charge in [0.15, 0.2) is 0 Å². The Balaban J connectivity index is 2.79. The molecule has 2 aromatic rings. The van der Waals surface area contributed by atoms with E-state index in [0.717, 1.165) is 0 Å². The molecule has 0 amide bonds. The first-order valence-electron chi connectivity index (χ1n) is 7.04. The highest BCUT2D eigenvalue weighted by molar-refractivity contribution is 7.74. The molecule has 0 fully saturated rings. The Morgan fingerprint density at radius 2 is 1.57 bits per heavy atom. The Morgan fingerprint density at radius 1 is 1.00 bits per heavy atom. The number of hydrogen-bond donors (Lipinski definition) is 1. The second-order valence-electron chi connectivity index (χ2n) is 7.32. The SMILES string of the molecule is CC(C)(C)P(=O)(c1ccc2nccc(O)c2n1)C(C)(C)C. The lowest BCUT2D eigenvalue weighted by atomic mass is 10.2. The van der Waals surface area contributed by atoms with E-state index in [0.29, 0.717) is 16.5 Å². The molecular weight excluding hydrogens is 283 g/mol. The van der Waals surface area contributed by atoms with E-state index in [1.807, 2.05) is 41.5 Å². The highest BCUT2D eigenvalue weighted by atomic mass is 31.2. The van der Waals surface area contributed by atoms with E-state index < -0.39 is 17.5 Å². The Hall–Kier alpha value is -1.41. The van der Waals surface area contributed by atoms with Crippen molar-refractivity contribution in [3.8, 4) is 5.75 Å². The van der Waals surface area contributed by atoms with Gasteiger partial charge in [-0.25, -0.2) is 4.98 Å². The highest BCUT2D eigenvalue weighted by Crippen LogP contribution is 2.65. The van der Waals surface area contributed by atoms with Crippen LogP contribution in [0.15, 0.2) is 24.4 Å². The van der Waals surface area contributed by atoms with Crippen molar-refractivity contribution in [1.29, 1.82) is 0 Å². The van der Waals surface area contributed by atoms with E-state index in [2.05, 4.69) is 9.97 Å². The third kappa shape index (κ3) is 2.46. The molecule has 0 spiro atoms. The number of fused-ring (bicyclic) bond motifs is 1. The third-order valence-electron chi connectivity index (χ3n) is 3.76. The van der Waals surface area contributed by atoms with Gasteiger partial charge in [-0.3, -0.25) is 4.98 Å². The first-order chi connectivity index (χ1) is 9.48. The zero-order valence-electron chi connectivity index (χ0n) is 13.5. The summed E-state index contributed by atoms with van der Waals surface area (Å²) in [5.74, 6) is 0.0659. The quantitative estimate of drug-likeness (QED) is 0.811. The van der Waals surface area contributed by atoms with E-state index in [4.69, 9.17) is 0 Å². The minimum atomic E-state index is -2.81. The summed E-state index contributed by atoms with van der Waals surface area (Å²) in [6, 6.07) is 5.06. The van der Waals surface area contributed by atoms with Crippen LogP contribution < -0.4 is 5.44 Å². The molecule has 114 valence electrons. The molecule has 4 nitrogen and oxygen atoms in total. The van der Waals surface area contributed by atoms with Crippen molar-refractivity contribution in [2.24, 2.45) is 0 Å². The topological polar surface area (TPSA) is 63.1 Å². The Bertz CT molecular complexity index is 709. The van der Waals surface area contributed by atoms with Crippen molar-refractivity contribution in [3.63, 3.8) is 0 Å². The molecule has 0 aliphatic rings. The van der Waals surface area contributed by atoms with E-state index >= 15 is 0 Å². The largest absolute Gasteiger partial charge is 0.506 e. The maximum absolute atomic E-state index is 13.8. The predicted octanol–water partition coefficient (Wildman–Crippen LogP) is 3.92. The Labute approximate surface area is 126 Å². The van der Waals surface area contributed by atoms with E-state index in [9.17, 15) is 9.67 Å². The number of hydrogen-bond acceptors (Lipinski definition) is 4. The molecule has 5 heteroatoms. The summed E-state index contributed by atoms with van der Waals surface area (Å²) in [4.78, 5) is 8.68. The van der Waals surface area contributed by atoms with Crippen LogP contribution in [0.25, 0.3) is 11.0 Å². The van der Waals surface area contributed by atoms with Gasteiger partial charge in [0.25, 0.3) is 0 Å². The lowest BCUT2D eigenvalue weighted by Crippen LogP contribution is -2.36. The van der Waals surface area contributed by atoms with Gasteiger partial charge < -0.3 is 9.67 Å². The standard InChI is InChI=1S/C16H23N2O2P/c1-15(2,3)21(20,16(4,5)6)13-8-7-11-14(18-13)12(19)9-10-17-11/h7-10H,1-6H3,(H,17,19). The van der Waals surface area contributed by atoms with Crippen LogP contribution in [0.4, 0.5) is 0 Å². The van der Waals surface area contributed by atoms with Crippen LogP contribution in [-0.2, 0) is 4.57 Å². The van der Waals surface area contributed by atoms with E-state index in [1.165, 1.54) is 12.3 Å². The fourth-order valence-electron chi connectivity index (χ4n) is 2.87. The molecular formula is C16H23N2O2P. The maximum Gasteiger partial charge on any atom is 0.144 e. The smallest absolute Gasteiger partial charge is 0.144 e. The fourth-order valence-corrected chi connectivity index (χ4v) is 6.78. The minimum Gasteiger partial charge on any atom is -0.506 e. The molecule has 0 bridgehead atoms.